The third-order valence-corrected chi connectivity index (χ3v) is 3.75. The van der Waals surface area contributed by atoms with Crippen LogP contribution in [0.15, 0.2) is 18.2 Å². The predicted octanol–water partition coefficient (Wildman–Crippen LogP) is 2.27. The molecule has 19 heavy (non-hydrogen) atoms. The molecule has 0 aliphatic carbocycles. The first-order valence-electron chi connectivity index (χ1n) is 6.29. The zero-order valence-corrected chi connectivity index (χ0v) is 11.9. The van der Waals surface area contributed by atoms with Gasteiger partial charge < -0.3 is 14.4 Å². The monoisotopic (exact) mass is 283 g/mol. The molecule has 0 bridgehead atoms. The number of aryl methyl sites for hydroxylation is 1. The molecule has 104 valence electrons. The second-order valence-electron chi connectivity index (χ2n) is 4.69. The van der Waals surface area contributed by atoms with Crippen molar-refractivity contribution in [1.82, 2.24) is 4.90 Å². The molecule has 1 unspecified atom stereocenters. The highest BCUT2D eigenvalue weighted by molar-refractivity contribution is 6.31. The van der Waals surface area contributed by atoms with Gasteiger partial charge in [-0.15, -0.1) is 0 Å². The van der Waals surface area contributed by atoms with Gasteiger partial charge in [-0.3, -0.25) is 4.79 Å². The van der Waals surface area contributed by atoms with Crippen LogP contribution in [0.1, 0.15) is 12.0 Å². The Morgan fingerprint density at radius 1 is 1.53 bits per heavy atom. The molecular weight excluding hydrogens is 266 g/mol. The van der Waals surface area contributed by atoms with Crippen molar-refractivity contribution in [2.45, 2.75) is 19.4 Å². The van der Waals surface area contributed by atoms with E-state index in [2.05, 4.69) is 0 Å². The summed E-state index contributed by atoms with van der Waals surface area (Å²) in [6.07, 6.45) is 1.05. The number of halogens is 1. The molecule has 2 rings (SSSR count). The van der Waals surface area contributed by atoms with Gasteiger partial charge in [-0.1, -0.05) is 11.6 Å². The number of amides is 1. The molecule has 1 aliphatic rings. The van der Waals surface area contributed by atoms with Crippen LogP contribution in [-0.2, 0) is 9.53 Å². The van der Waals surface area contributed by atoms with E-state index in [-0.39, 0.29) is 18.6 Å². The van der Waals surface area contributed by atoms with Crippen molar-refractivity contribution in [2.75, 3.05) is 26.8 Å². The summed E-state index contributed by atoms with van der Waals surface area (Å²) in [4.78, 5) is 13.7. The highest BCUT2D eigenvalue weighted by Gasteiger charge is 2.26. The maximum absolute atomic E-state index is 12.0. The number of carbonyl (C=O) groups excluding carboxylic acids is 1. The summed E-state index contributed by atoms with van der Waals surface area (Å²) in [6, 6.07) is 5.37. The molecule has 1 aromatic carbocycles. The average molecular weight is 284 g/mol. The van der Waals surface area contributed by atoms with Crippen LogP contribution in [0.5, 0.6) is 5.75 Å². The first-order chi connectivity index (χ1) is 9.10. The second kappa shape index (κ2) is 6.26. The molecule has 0 saturated carbocycles. The van der Waals surface area contributed by atoms with Gasteiger partial charge in [-0.05, 0) is 37.1 Å². The number of nitrogens with zero attached hydrogens (tertiary/aromatic N) is 1. The van der Waals surface area contributed by atoms with Crippen LogP contribution >= 0.6 is 11.6 Å². The maximum atomic E-state index is 12.0. The van der Waals surface area contributed by atoms with Crippen molar-refractivity contribution in [1.29, 1.82) is 0 Å². The van der Waals surface area contributed by atoms with E-state index in [1.165, 1.54) is 0 Å². The number of hydrogen-bond acceptors (Lipinski definition) is 3. The number of hydrogen-bond donors (Lipinski definition) is 0. The quantitative estimate of drug-likeness (QED) is 0.851. The molecule has 0 spiro atoms. The lowest BCUT2D eigenvalue weighted by Crippen LogP contribution is -2.33. The van der Waals surface area contributed by atoms with Crippen LogP contribution in [0, 0.1) is 6.92 Å². The standard InChI is InChI=1S/C14H18ClNO3/c1-10-7-11(3-4-13(10)15)19-9-14(17)16-6-5-12(8-16)18-2/h3-4,7,12H,5-6,8-9H2,1-2H3. The fourth-order valence-corrected chi connectivity index (χ4v) is 2.21. The van der Waals surface area contributed by atoms with Gasteiger partial charge in [-0.25, -0.2) is 0 Å². The van der Waals surface area contributed by atoms with Crippen LogP contribution in [-0.4, -0.2) is 43.7 Å². The van der Waals surface area contributed by atoms with Crippen molar-refractivity contribution in [3.63, 3.8) is 0 Å². The Kier molecular flexibility index (Phi) is 4.66. The van der Waals surface area contributed by atoms with Crippen molar-refractivity contribution in [3.8, 4) is 5.75 Å². The number of likely N-dealkylation sites (tertiary alicyclic amines) is 1. The van der Waals surface area contributed by atoms with Gasteiger partial charge in [0.15, 0.2) is 6.61 Å². The van der Waals surface area contributed by atoms with Crippen molar-refractivity contribution in [2.24, 2.45) is 0 Å². The van der Waals surface area contributed by atoms with Gasteiger partial charge in [0, 0.05) is 25.2 Å². The summed E-state index contributed by atoms with van der Waals surface area (Å²) in [6.45, 7) is 3.34. The Hall–Kier alpha value is -1.26. The maximum Gasteiger partial charge on any atom is 0.260 e. The van der Waals surface area contributed by atoms with E-state index >= 15 is 0 Å². The largest absolute Gasteiger partial charge is 0.484 e. The Balaban J connectivity index is 1.85. The summed E-state index contributed by atoms with van der Waals surface area (Å²) < 4.78 is 10.7. The molecule has 0 aromatic heterocycles. The Labute approximate surface area is 118 Å². The van der Waals surface area contributed by atoms with Crippen LogP contribution < -0.4 is 4.74 Å². The third kappa shape index (κ3) is 3.61. The first kappa shape index (κ1) is 14.2. The molecule has 0 N–H and O–H groups in total. The topological polar surface area (TPSA) is 38.8 Å². The lowest BCUT2D eigenvalue weighted by molar-refractivity contribution is -0.132. The fraction of sp³-hybridized carbons (Fsp3) is 0.500. The molecule has 1 atom stereocenters. The average Bonchev–Trinajstić information content (AvgIpc) is 2.88. The molecule has 1 fully saturated rings. The minimum Gasteiger partial charge on any atom is -0.484 e. The van der Waals surface area contributed by atoms with Gasteiger partial charge in [0.05, 0.1) is 6.10 Å². The van der Waals surface area contributed by atoms with E-state index in [9.17, 15) is 4.79 Å². The first-order valence-corrected chi connectivity index (χ1v) is 6.67. The Bertz CT molecular complexity index is 464. The number of methoxy groups -OCH3 is 1. The lowest BCUT2D eigenvalue weighted by Gasteiger charge is -2.16. The van der Waals surface area contributed by atoms with E-state index in [0.717, 1.165) is 18.5 Å². The van der Waals surface area contributed by atoms with Crippen LogP contribution in [0.4, 0.5) is 0 Å². The van der Waals surface area contributed by atoms with E-state index in [4.69, 9.17) is 21.1 Å². The number of ether oxygens (including phenoxy) is 2. The van der Waals surface area contributed by atoms with Crippen molar-refractivity contribution < 1.29 is 14.3 Å². The molecule has 1 saturated heterocycles. The van der Waals surface area contributed by atoms with Crippen LogP contribution in [0.25, 0.3) is 0 Å². The summed E-state index contributed by atoms with van der Waals surface area (Å²) in [7, 11) is 1.67. The number of rotatable bonds is 4. The smallest absolute Gasteiger partial charge is 0.260 e. The molecule has 0 radical (unpaired) electrons. The van der Waals surface area contributed by atoms with Gasteiger partial charge in [-0.2, -0.15) is 0 Å². The van der Waals surface area contributed by atoms with Gasteiger partial charge in [0.1, 0.15) is 5.75 Å². The minimum absolute atomic E-state index is 0.00727. The fourth-order valence-electron chi connectivity index (χ4n) is 2.09. The van der Waals surface area contributed by atoms with E-state index in [0.29, 0.717) is 17.3 Å². The Morgan fingerprint density at radius 2 is 2.32 bits per heavy atom. The third-order valence-electron chi connectivity index (χ3n) is 3.32. The van der Waals surface area contributed by atoms with Crippen LogP contribution in [0.3, 0.4) is 0 Å². The van der Waals surface area contributed by atoms with Crippen LogP contribution in [0.2, 0.25) is 5.02 Å². The molecule has 1 aliphatic heterocycles. The summed E-state index contributed by atoms with van der Waals surface area (Å²) in [5, 5.41) is 0.696. The molecule has 1 aromatic rings. The highest BCUT2D eigenvalue weighted by atomic mass is 35.5. The molecule has 1 heterocycles. The minimum atomic E-state index is -0.00727. The number of carbonyl (C=O) groups is 1. The van der Waals surface area contributed by atoms with Crippen molar-refractivity contribution >= 4 is 17.5 Å². The molecule has 4 nitrogen and oxygen atoms in total. The molecule has 1 amide bonds. The van der Waals surface area contributed by atoms with Gasteiger partial charge >= 0.3 is 0 Å². The zero-order chi connectivity index (χ0) is 13.8. The van der Waals surface area contributed by atoms with E-state index < -0.39 is 0 Å². The summed E-state index contributed by atoms with van der Waals surface area (Å²) >= 11 is 5.93. The zero-order valence-electron chi connectivity index (χ0n) is 11.2. The van der Waals surface area contributed by atoms with Gasteiger partial charge in [0.2, 0.25) is 0 Å². The molecule has 5 heteroatoms. The van der Waals surface area contributed by atoms with E-state index in [1.807, 2.05) is 13.0 Å². The van der Waals surface area contributed by atoms with E-state index in [1.54, 1.807) is 24.1 Å². The highest BCUT2D eigenvalue weighted by Crippen LogP contribution is 2.21. The van der Waals surface area contributed by atoms with Crippen molar-refractivity contribution in [3.05, 3.63) is 28.8 Å². The summed E-state index contributed by atoms with van der Waals surface area (Å²) in [5.41, 5.74) is 0.937. The summed E-state index contributed by atoms with van der Waals surface area (Å²) in [5.74, 6) is 0.657. The molecular formula is C14H18ClNO3. The SMILES string of the molecule is COC1CCN(C(=O)COc2ccc(Cl)c(C)c2)C1. The lowest BCUT2D eigenvalue weighted by atomic mass is 10.2. The Morgan fingerprint density at radius 3 is 2.95 bits per heavy atom. The second-order valence-corrected chi connectivity index (χ2v) is 5.09. The normalized spacial score (nSPS) is 18.7. The predicted molar refractivity (Wildman–Crippen MR) is 73.7 cm³/mol. The number of benzene rings is 1. The van der Waals surface area contributed by atoms with Gasteiger partial charge in [0.25, 0.3) is 5.91 Å².